The van der Waals surface area contributed by atoms with Gasteiger partial charge in [-0.05, 0) is 6.92 Å². The Bertz CT molecular complexity index is 158. The lowest BCUT2D eigenvalue weighted by Crippen LogP contribution is -2.10. The molecular formula is C7H9F3O. The Morgan fingerprint density at radius 1 is 1.55 bits per heavy atom. The Kier molecular flexibility index (Phi) is 3.71. The van der Waals surface area contributed by atoms with Crippen molar-refractivity contribution in [2.75, 3.05) is 6.61 Å². The van der Waals surface area contributed by atoms with Crippen molar-refractivity contribution >= 4 is 0 Å². The van der Waals surface area contributed by atoms with Crippen molar-refractivity contribution in [2.24, 2.45) is 0 Å². The van der Waals surface area contributed by atoms with Crippen molar-refractivity contribution in [3.63, 3.8) is 0 Å². The van der Waals surface area contributed by atoms with Gasteiger partial charge >= 0.3 is 6.18 Å². The summed E-state index contributed by atoms with van der Waals surface area (Å²) in [7, 11) is 0. The molecule has 0 N–H and O–H groups in total. The van der Waals surface area contributed by atoms with E-state index in [4.69, 9.17) is 0 Å². The van der Waals surface area contributed by atoms with Crippen LogP contribution in [0.1, 0.15) is 6.92 Å². The SMILES string of the molecule is C=C/C(=C\OCC)C(F)(F)F. The third-order valence-corrected chi connectivity index (χ3v) is 0.924. The van der Waals surface area contributed by atoms with Gasteiger partial charge < -0.3 is 4.74 Å². The molecule has 11 heavy (non-hydrogen) atoms. The molecular weight excluding hydrogens is 157 g/mol. The molecule has 0 radical (unpaired) electrons. The molecule has 0 atom stereocenters. The first-order valence-electron chi connectivity index (χ1n) is 3.03. The van der Waals surface area contributed by atoms with Gasteiger partial charge in [0.15, 0.2) is 0 Å². The monoisotopic (exact) mass is 166 g/mol. The van der Waals surface area contributed by atoms with Crippen LogP contribution in [0.2, 0.25) is 0 Å². The Labute approximate surface area is 63.2 Å². The van der Waals surface area contributed by atoms with Crippen LogP contribution in [0.5, 0.6) is 0 Å². The number of hydrogen-bond acceptors (Lipinski definition) is 1. The standard InChI is InChI=1S/C7H9F3O/c1-3-6(5-11-4-2)7(8,9)10/h3,5H,1,4H2,2H3/b6-5+. The first-order valence-corrected chi connectivity index (χ1v) is 3.03. The molecule has 0 bridgehead atoms. The quantitative estimate of drug-likeness (QED) is 0.462. The second-order valence-corrected chi connectivity index (χ2v) is 1.73. The number of ether oxygens (including phenoxy) is 1. The number of hydrogen-bond donors (Lipinski definition) is 0. The number of rotatable bonds is 3. The summed E-state index contributed by atoms with van der Waals surface area (Å²) in [6, 6.07) is 0. The van der Waals surface area contributed by atoms with Gasteiger partial charge in [-0.1, -0.05) is 12.7 Å². The smallest absolute Gasteiger partial charge is 0.419 e. The second kappa shape index (κ2) is 4.05. The lowest BCUT2D eigenvalue weighted by molar-refractivity contribution is -0.0901. The molecule has 0 saturated heterocycles. The Hall–Kier alpha value is -0.930. The summed E-state index contributed by atoms with van der Waals surface area (Å²) >= 11 is 0. The van der Waals surface area contributed by atoms with E-state index >= 15 is 0 Å². The molecule has 0 heterocycles. The minimum absolute atomic E-state index is 0.216. The van der Waals surface area contributed by atoms with Crippen molar-refractivity contribution in [2.45, 2.75) is 13.1 Å². The van der Waals surface area contributed by atoms with Gasteiger partial charge in [0.25, 0.3) is 0 Å². The lowest BCUT2D eigenvalue weighted by atomic mass is 10.3. The highest BCUT2D eigenvalue weighted by Crippen LogP contribution is 2.25. The van der Waals surface area contributed by atoms with Crippen molar-refractivity contribution in [1.82, 2.24) is 0 Å². The number of alkyl halides is 3. The minimum atomic E-state index is -4.36. The van der Waals surface area contributed by atoms with Crippen LogP contribution in [0.3, 0.4) is 0 Å². The zero-order valence-corrected chi connectivity index (χ0v) is 6.11. The van der Waals surface area contributed by atoms with Gasteiger partial charge in [0.05, 0.1) is 18.4 Å². The van der Waals surface area contributed by atoms with Gasteiger partial charge in [-0.3, -0.25) is 0 Å². The van der Waals surface area contributed by atoms with Gasteiger partial charge in [-0.15, -0.1) is 0 Å². The molecule has 0 saturated carbocycles. The van der Waals surface area contributed by atoms with Gasteiger partial charge in [0, 0.05) is 0 Å². The summed E-state index contributed by atoms with van der Waals surface area (Å²) in [5.41, 5.74) is -0.862. The van der Waals surface area contributed by atoms with Crippen molar-refractivity contribution in [3.8, 4) is 0 Å². The van der Waals surface area contributed by atoms with E-state index in [1.165, 1.54) is 0 Å². The zero-order chi connectivity index (χ0) is 8.91. The van der Waals surface area contributed by atoms with E-state index in [1.54, 1.807) is 6.92 Å². The topological polar surface area (TPSA) is 9.23 Å². The minimum Gasteiger partial charge on any atom is -0.501 e. The van der Waals surface area contributed by atoms with Gasteiger partial charge in [0.2, 0.25) is 0 Å². The molecule has 0 rings (SSSR count). The highest BCUT2D eigenvalue weighted by atomic mass is 19.4. The molecule has 0 aliphatic rings. The molecule has 0 aliphatic heterocycles. The summed E-state index contributed by atoms with van der Waals surface area (Å²) in [5.74, 6) is 0. The van der Waals surface area contributed by atoms with Crippen LogP contribution in [0.15, 0.2) is 24.5 Å². The second-order valence-electron chi connectivity index (χ2n) is 1.73. The molecule has 0 amide bonds. The van der Waals surface area contributed by atoms with Crippen LogP contribution < -0.4 is 0 Å². The van der Waals surface area contributed by atoms with E-state index < -0.39 is 11.7 Å². The zero-order valence-electron chi connectivity index (χ0n) is 6.11. The first-order chi connectivity index (χ1) is 5.02. The largest absolute Gasteiger partial charge is 0.501 e. The summed E-state index contributed by atoms with van der Waals surface area (Å²) in [5, 5.41) is 0. The van der Waals surface area contributed by atoms with Crippen LogP contribution in [-0.4, -0.2) is 12.8 Å². The normalized spacial score (nSPS) is 12.9. The molecule has 0 aromatic heterocycles. The molecule has 64 valence electrons. The van der Waals surface area contributed by atoms with E-state index in [9.17, 15) is 13.2 Å². The van der Waals surface area contributed by atoms with Crippen LogP contribution in [0.4, 0.5) is 13.2 Å². The van der Waals surface area contributed by atoms with Crippen molar-refractivity contribution in [1.29, 1.82) is 0 Å². The number of halogens is 3. The summed E-state index contributed by atoms with van der Waals surface area (Å²) in [4.78, 5) is 0. The molecule has 4 heteroatoms. The van der Waals surface area contributed by atoms with Crippen LogP contribution in [0.25, 0.3) is 0 Å². The predicted molar refractivity (Wildman–Crippen MR) is 36.0 cm³/mol. The number of allylic oxidation sites excluding steroid dienone is 2. The maximum Gasteiger partial charge on any atom is 0.419 e. The molecule has 1 nitrogen and oxygen atoms in total. The average molecular weight is 166 g/mol. The van der Waals surface area contributed by atoms with E-state index in [0.29, 0.717) is 6.26 Å². The van der Waals surface area contributed by atoms with Crippen molar-refractivity contribution < 1.29 is 17.9 Å². The highest BCUT2D eigenvalue weighted by Gasteiger charge is 2.31. The highest BCUT2D eigenvalue weighted by molar-refractivity contribution is 5.19. The van der Waals surface area contributed by atoms with E-state index in [1.807, 2.05) is 0 Å². The van der Waals surface area contributed by atoms with Crippen LogP contribution in [0, 0.1) is 0 Å². The molecule has 0 unspecified atom stereocenters. The molecule has 0 fully saturated rings. The van der Waals surface area contributed by atoms with E-state index in [0.717, 1.165) is 6.08 Å². The summed E-state index contributed by atoms with van der Waals surface area (Å²) in [6.07, 6.45) is -2.99. The Morgan fingerprint density at radius 2 is 2.09 bits per heavy atom. The summed E-state index contributed by atoms with van der Waals surface area (Å²) in [6.45, 7) is 4.83. The first kappa shape index (κ1) is 10.1. The van der Waals surface area contributed by atoms with E-state index in [2.05, 4.69) is 11.3 Å². The van der Waals surface area contributed by atoms with Crippen molar-refractivity contribution in [3.05, 3.63) is 24.5 Å². The fourth-order valence-electron chi connectivity index (χ4n) is 0.404. The fraction of sp³-hybridized carbons (Fsp3) is 0.429. The average Bonchev–Trinajstić information content (AvgIpc) is 1.87. The molecule has 0 aromatic rings. The van der Waals surface area contributed by atoms with Gasteiger partial charge in [0.1, 0.15) is 0 Å². The summed E-state index contributed by atoms with van der Waals surface area (Å²) < 4.78 is 39.9. The third kappa shape index (κ3) is 3.70. The van der Waals surface area contributed by atoms with Crippen LogP contribution >= 0.6 is 0 Å². The molecule has 0 aromatic carbocycles. The molecule has 0 aliphatic carbocycles. The maximum atomic E-state index is 11.8. The Morgan fingerprint density at radius 3 is 2.36 bits per heavy atom. The third-order valence-electron chi connectivity index (χ3n) is 0.924. The Balaban J connectivity index is 4.27. The predicted octanol–water partition coefficient (Wildman–Crippen LogP) is 2.66. The maximum absolute atomic E-state index is 11.8. The van der Waals surface area contributed by atoms with E-state index in [-0.39, 0.29) is 6.61 Å². The lowest BCUT2D eigenvalue weighted by Gasteiger charge is -2.06. The van der Waals surface area contributed by atoms with Crippen LogP contribution in [-0.2, 0) is 4.74 Å². The molecule has 0 spiro atoms. The van der Waals surface area contributed by atoms with Gasteiger partial charge in [-0.25, -0.2) is 0 Å². The fourth-order valence-corrected chi connectivity index (χ4v) is 0.404. The van der Waals surface area contributed by atoms with Gasteiger partial charge in [-0.2, -0.15) is 13.2 Å².